The van der Waals surface area contributed by atoms with E-state index in [1.165, 1.54) is 30.6 Å². The van der Waals surface area contributed by atoms with E-state index in [2.05, 4.69) is 38.8 Å². The summed E-state index contributed by atoms with van der Waals surface area (Å²) < 4.78 is 5.08. The molecule has 2 heterocycles. The topological polar surface area (TPSA) is 98.8 Å². The Hall–Kier alpha value is -2.85. The van der Waals surface area contributed by atoms with Crippen LogP contribution in [0.4, 0.5) is 26.1 Å². The number of urea groups is 1. The van der Waals surface area contributed by atoms with E-state index >= 15 is 0 Å². The van der Waals surface area contributed by atoms with Gasteiger partial charge in [-0.15, -0.1) is 11.3 Å². The van der Waals surface area contributed by atoms with Gasteiger partial charge < -0.3 is 25.2 Å². The van der Waals surface area contributed by atoms with Gasteiger partial charge in [0.15, 0.2) is 5.13 Å². The number of likely N-dealkylation sites (N-methyl/N-ethyl adjacent to an activating group) is 1. The maximum atomic E-state index is 12.6. The fourth-order valence-electron chi connectivity index (χ4n) is 3.37. The molecule has 1 aromatic heterocycles. The molecule has 0 radical (unpaired) electrons. The third-order valence-electron chi connectivity index (χ3n) is 5.06. The molecule has 0 bridgehead atoms. The number of aryl methyl sites for hydroxylation is 1. The predicted octanol–water partition coefficient (Wildman–Crippen LogP) is 3.87. The second-order valence-corrected chi connectivity index (χ2v) is 8.94. The SMILES string of the molecule is Cc1ccc(NC(=O)Nc2nc(CNC(=O)OCCN(C)C)cs2)c(N2CCCCC2)c1. The van der Waals surface area contributed by atoms with Gasteiger partial charge in [0.05, 0.1) is 23.6 Å². The normalized spacial score (nSPS) is 13.7. The predicted molar refractivity (Wildman–Crippen MR) is 129 cm³/mol. The summed E-state index contributed by atoms with van der Waals surface area (Å²) in [7, 11) is 3.82. The van der Waals surface area contributed by atoms with Crippen LogP contribution in [0.25, 0.3) is 0 Å². The van der Waals surface area contributed by atoms with Gasteiger partial charge in [-0.2, -0.15) is 0 Å². The molecule has 2 aromatic rings. The number of alkyl carbamates (subject to hydrolysis) is 1. The summed E-state index contributed by atoms with van der Waals surface area (Å²) in [6, 6.07) is 5.71. The Bertz CT molecular complexity index is 911. The molecule has 1 saturated heterocycles. The number of amides is 3. The summed E-state index contributed by atoms with van der Waals surface area (Å²) in [4.78, 5) is 32.9. The molecule has 0 spiro atoms. The number of benzene rings is 1. The van der Waals surface area contributed by atoms with Crippen LogP contribution >= 0.6 is 11.3 Å². The highest BCUT2D eigenvalue weighted by Crippen LogP contribution is 2.30. The van der Waals surface area contributed by atoms with E-state index in [9.17, 15) is 9.59 Å². The molecular formula is C22H32N6O3S. The average Bonchev–Trinajstić information content (AvgIpc) is 3.21. The second kappa shape index (κ2) is 11.7. The van der Waals surface area contributed by atoms with Gasteiger partial charge in [-0.05, 0) is 58.0 Å². The van der Waals surface area contributed by atoms with Crippen LogP contribution in [0.5, 0.6) is 0 Å². The van der Waals surface area contributed by atoms with Gasteiger partial charge in [-0.3, -0.25) is 5.32 Å². The summed E-state index contributed by atoms with van der Waals surface area (Å²) in [6.45, 7) is 5.27. The molecule has 0 unspecified atom stereocenters. The molecule has 174 valence electrons. The number of thiazole rings is 1. The number of hydrogen-bond acceptors (Lipinski definition) is 7. The highest BCUT2D eigenvalue weighted by molar-refractivity contribution is 7.13. The summed E-state index contributed by atoms with van der Waals surface area (Å²) >= 11 is 1.30. The molecule has 0 saturated carbocycles. The minimum Gasteiger partial charge on any atom is -0.448 e. The lowest BCUT2D eigenvalue weighted by molar-refractivity contribution is 0.136. The average molecular weight is 461 g/mol. The van der Waals surface area contributed by atoms with Crippen molar-refractivity contribution in [3.05, 3.63) is 34.8 Å². The zero-order valence-corrected chi connectivity index (χ0v) is 19.8. The van der Waals surface area contributed by atoms with E-state index in [4.69, 9.17) is 4.74 Å². The molecule has 3 amide bonds. The Kier molecular flexibility index (Phi) is 8.69. The van der Waals surface area contributed by atoms with Crippen LogP contribution in [0.15, 0.2) is 23.6 Å². The molecule has 3 N–H and O–H groups in total. The van der Waals surface area contributed by atoms with E-state index in [1.807, 2.05) is 31.1 Å². The summed E-state index contributed by atoms with van der Waals surface area (Å²) in [5.41, 5.74) is 3.65. The second-order valence-electron chi connectivity index (χ2n) is 8.08. The molecule has 1 aromatic carbocycles. The van der Waals surface area contributed by atoms with E-state index in [1.54, 1.807) is 5.38 Å². The molecule has 1 fully saturated rings. The first kappa shape index (κ1) is 23.8. The first-order chi connectivity index (χ1) is 15.4. The Labute approximate surface area is 193 Å². The Balaban J connectivity index is 1.51. The van der Waals surface area contributed by atoms with Gasteiger partial charge in [0.2, 0.25) is 0 Å². The standard InChI is InChI=1S/C22H32N6O3S/c1-16-7-8-18(19(13-16)28-9-5-4-6-10-28)25-20(29)26-21-24-17(15-32-21)14-23-22(30)31-12-11-27(2)3/h7-8,13,15H,4-6,9-12,14H2,1-3H3,(H,23,30)(H2,24,25,26,29). The van der Waals surface area contributed by atoms with Gasteiger partial charge in [-0.25, -0.2) is 14.6 Å². The van der Waals surface area contributed by atoms with Crippen LogP contribution in [-0.2, 0) is 11.3 Å². The molecular weight excluding hydrogens is 428 g/mol. The maximum Gasteiger partial charge on any atom is 0.407 e. The lowest BCUT2D eigenvalue weighted by Crippen LogP contribution is -2.31. The maximum absolute atomic E-state index is 12.6. The van der Waals surface area contributed by atoms with Crippen molar-refractivity contribution in [2.24, 2.45) is 0 Å². The Morgan fingerprint density at radius 1 is 1.19 bits per heavy atom. The Morgan fingerprint density at radius 3 is 2.72 bits per heavy atom. The largest absolute Gasteiger partial charge is 0.448 e. The number of rotatable bonds is 8. The van der Waals surface area contributed by atoms with Crippen LogP contribution in [0, 0.1) is 6.92 Å². The number of carbonyl (C=O) groups excluding carboxylic acids is 2. The third-order valence-corrected chi connectivity index (χ3v) is 5.86. The molecule has 0 atom stereocenters. The first-order valence-corrected chi connectivity index (χ1v) is 11.7. The zero-order valence-electron chi connectivity index (χ0n) is 18.9. The minimum absolute atomic E-state index is 0.234. The number of anilines is 3. The van der Waals surface area contributed by atoms with Crippen molar-refractivity contribution in [1.29, 1.82) is 0 Å². The molecule has 10 heteroatoms. The van der Waals surface area contributed by atoms with Crippen molar-refractivity contribution in [1.82, 2.24) is 15.2 Å². The zero-order chi connectivity index (χ0) is 22.9. The molecule has 9 nitrogen and oxygen atoms in total. The molecule has 3 rings (SSSR count). The van der Waals surface area contributed by atoms with Gasteiger partial charge in [-0.1, -0.05) is 6.07 Å². The number of carbonyl (C=O) groups is 2. The molecule has 1 aliphatic rings. The van der Waals surface area contributed by atoms with Crippen molar-refractivity contribution < 1.29 is 14.3 Å². The number of ether oxygens (including phenoxy) is 1. The smallest absolute Gasteiger partial charge is 0.407 e. The van der Waals surface area contributed by atoms with Crippen LogP contribution in [-0.4, -0.2) is 62.3 Å². The Morgan fingerprint density at radius 2 is 1.97 bits per heavy atom. The van der Waals surface area contributed by atoms with Crippen molar-refractivity contribution in [3.8, 4) is 0 Å². The van der Waals surface area contributed by atoms with Crippen LogP contribution in [0.3, 0.4) is 0 Å². The number of piperidine rings is 1. The van der Waals surface area contributed by atoms with Gasteiger partial charge in [0.1, 0.15) is 6.61 Å². The fraction of sp³-hybridized carbons (Fsp3) is 0.500. The summed E-state index contributed by atoms with van der Waals surface area (Å²) in [5.74, 6) is 0. The van der Waals surface area contributed by atoms with Gasteiger partial charge in [0, 0.05) is 25.0 Å². The van der Waals surface area contributed by atoms with Crippen molar-refractivity contribution in [2.75, 3.05) is 55.9 Å². The monoisotopic (exact) mass is 460 g/mol. The van der Waals surface area contributed by atoms with Crippen molar-refractivity contribution >= 4 is 40.0 Å². The van der Waals surface area contributed by atoms with Gasteiger partial charge >= 0.3 is 12.1 Å². The molecule has 32 heavy (non-hydrogen) atoms. The first-order valence-electron chi connectivity index (χ1n) is 10.8. The van der Waals surface area contributed by atoms with Crippen LogP contribution in [0.2, 0.25) is 0 Å². The molecule has 0 aliphatic carbocycles. The number of aromatic nitrogens is 1. The highest BCUT2D eigenvalue weighted by atomic mass is 32.1. The summed E-state index contributed by atoms with van der Waals surface area (Å²) in [5, 5.41) is 10.7. The van der Waals surface area contributed by atoms with Gasteiger partial charge in [0.25, 0.3) is 0 Å². The lowest BCUT2D eigenvalue weighted by Gasteiger charge is -2.30. The van der Waals surface area contributed by atoms with E-state index in [0.717, 1.165) is 30.0 Å². The van der Waals surface area contributed by atoms with Crippen molar-refractivity contribution in [2.45, 2.75) is 32.7 Å². The van der Waals surface area contributed by atoms with E-state index in [-0.39, 0.29) is 12.6 Å². The van der Waals surface area contributed by atoms with E-state index < -0.39 is 6.09 Å². The third kappa shape index (κ3) is 7.38. The highest BCUT2D eigenvalue weighted by Gasteiger charge is 2.17. The fourth-order valence-corrected chi connectivity index (χ4v) is 4.08. The van der Waals surface area contributed by atoms with Crippen molar-refractivity contribution in [3.63, 3.8) is 0 Å². The quantitative estimate of drug-likeness (QED) is 0.553. The lowest BCUT2D eigenvalue weighted by atomic mass is 10.1. The number of nitrogens with one attached hydrogen (secondary N) is 3. The number of nitrogens with zero attached hydrogens (tertiary/aromatic N) is 3. The number of hydrogen-bond donors (Lipinski definition) is 3. The van der Waals surface area contributed by atoms with Crippen LogP contribution < -0.4 is 20.9 Å². The van der Waals surface area contributed by atoms with Crippen LogP contribution in [0.1, 0.15) is 30.5 Å². The minimum atomic E-state index is -0.489. The molecule has 1 aliphatic heterocycles. The van der Waals surface area contributed by atoms with E-state index in [0.29, 0.717) is 24.0 Å². The summed E-state index contributed by atoms with van der Waals surface area (Å²) in [6.07, 6.45) is 3.09.